The number of benzene rings is 2. The third kappa shape index (κ3) is 4.34. The van der Waals surface area contributed by atoms with Crippen LogP contribution < -0.4 is 10.1 Å². The smallest absolute Gasteiger partial charge is 0.322 e. The predicted octanol–water partition coefficient (Wildman–Crippen LogP) is 5.16. The summed E-state index contributed by atoms with van der Waals surface area (Å²) < 4.78 is 19.2. The molecule has 1 aromatic heterocycles. The lowest BCUT2D eigenvalue weighted by Crippen LogP contribution is -2.22. The van der Waals surface area contributed by atoms with E-state index in [1.165, 1.54) is 12.1 Å². The summed E-state index contributed by atoms with van der Waals surface area (Å²) in [5.74, 6) is -0.832. The Hall–Kier alpha value is -3.28. The van der Waals surface area contributed by atoms with Crippen molar-refractivity contribution >= 4 is 11.6 Å². The van der Waals surface area contributed by atoms with E-state index in [-0.39, 0.29) is 23.6 Å². The second-order valence-electron chi connectivity index (χ2n) is 6.45. The summed E-state index contributed by atoms with van der Waals surface area (Å²) in [5.41, 5.74) is 2.60. The number of amides is 1. The molecule has 3 aromatic rings. The fraction of sp³-hybridized carbons (Fsp3) is 0.227. The molecule has 0 aliphatic carbocycles. The molecule has 28 heavy (non-hydrogen) atoms. The van der Waals surface area contributed by atoms with Gasteiger partial charge in [0.05, 0.1) is 23.0 Å². The van der Waals surface area contributed by atoms with Crippen LogP contribution in [0.2, 0.25) is 0 Å². The summed E-state index contributed by atoms with van der Waals surface area (Å²) in [4.78, 5) is 21.4. The molecule has 0 aliphatic heterocycles. The van der Waals surface area contributed by atoms with E-state index in [1.54, 1.807) is 26.0 Å². The van der Waals surface area contributed by atoms with Crippen molar-refractivity contribution in [3.8, 4) is 11.8 Å². The Labute approximate surface area is 163 Å². The maximum Gasteiger partial charge on any atom is 0.322 e. The van der Waals surface area contributed by atoms with Gasteiger partial charge in [0.2, 0.25) is 5.91 Å². The molecule has 1 heterocycles. The number of para-hydroxylation sites is 1. The van der Waals surface area contributed by atoms with Crippen molar-refractivity contribution in [2.24, 2.45) is 0 Å². The summed E-state index contributed by atoms with van der Waals surface area (Å²) in [6.07, 6.45) is 0.670. The molecule has 0 radical (unpaired) electrons. The minimum Gasteiger partial charge on any atom is -0.421 e. The van der Waals surface area contributed by atoms with Crippen LogP contribution in [0.3, 0.4) is 0 Å². The Morgan fingerprint density at radius 1 is 1.04 bits per heavy atom. The maximum absolute atomic E-state index is 13.8. The largest absolute Gasteiger partial charge is 0.421 e. The summed E-state index contributed by atoms with van der Waals surface area (Å²) >= 11 is 0. The number of hydrogen-bond donors (Lipinski definition) is 1. The fourth-order valence-electron chi connectivity index (χ4n) is 3.01. The van der Waals surface area contributed by atoms with Gasteiger partial charge in [0.1, 0.15) is 0 Å². The number of hydrogen-bond acceptors (Lipinski definition) is 4. The Kier molecular flexibility index (Phi) is 5.99. The second kappa shape index (κ2) is 8.61. The minimum absolute atomic E-state index is 0.0354. The molecule has 2 aromatic carbocycles. The van der Waals surface area contributed by atoms with Gasteiger partial charge < -0.3 is 10.1 Å². The van der Waals surface area contributed by atoms with Crippen molar-refractivity contribution in [3.63, 3.8) is 0 Å². The van der Waals surface area contributed by atoms with Crippen LogP contribution in [0.25, 0.3) is 0 Å². The lowest BCUT2D eigenvalue weighted by atomic mass is 9.95. The molecule has 144 valence electrons. The highest BCUT2D eigenvalue weighted by molar-refractivity contribution is 5.96. The molecule has 1 N–H and O–H groups in total. The normalized spacial score (nSPS) is 11.7. The number of aryl methyl sites for hydroxylation is 2. The van der Waals surface area contributed by atoms with Gasteiger partial charge in [0, 0.05) is 0 Å². The first-order chi connectivity index (χ1) is 13.5. The number of anilines is 1. The summed E-state index contributed by atoms with van der Waals surface area (Å²) in [6.45, 7) is 5.47. The van der Waals surface area contributed by atoms with Gasteiger partial charge in [-0.1, -0.05) is 49.4 Å². The van der Waals surface area contributed by atoms with Crippen LogP contribution in [-0.4, -0.2) is 15.9 Å². The van der Waals surface area contributed by atoms with Crippen LogP contribution in [0, 0.1) is 19.7 Å². The summed E-state index contributed by atoms with van der Waals surface area (Å²) in [5, 5.41) is 2.94. The minimum atomic E-state index is -0.493. The molecule has 3 rings (SSSR count). The van der Waals surface area contributed by atoms with Gasteiger partial charge in [-0.05, 0) is 38.0 Å². The monoisotopic (exact) mass is 379 g/mol. The van der Waals surface area contributed by atoms with Crippen molar-refractivity contribution in [3.05, 3.63) is 77.4 Å². The van der Waals surface area contributed by atoms with Gasteiger partial charge in [-0.3, -0.25) is 4.79 Å². The first kappa shape index (κ1) is 19.5. The third-order valence-electron chi connectivity index (χ3n) is 4.46. The maximum atomic E-state index is 13.8. The molecule has 0 fully saturated rings. The highest BCUT2D eigenvalue weighted by Crippen LogP contribution is 2.27. The van der Waals surface area contributed by atoms with Crippen molar-refractivity contribution in [2.75, 3.05) is 5.32 Å². The van der Waals surface area contributed by atoms with Crippen LogP contribution in [0.15, 0.2) is 54.6 Å². The number of aromatic nitrogens is 2. The Balaban J connectivity index is 1.81. The number of ether oxygens (including phenoxy) is 1. The van der Waals surface area contributed by atoms with E-state index in [0.29, 0.717) is 23.5 Å². The molecule has 1 amide bonds. The number of carbonyl (C=O) groups is 1. The predicted molar refractivity (Wildman–Crippen MR) is 106 cm³/mol. The summed E-state index contributed by atoms with van der Waals surface area (Å²) in [6, 6.07) is 15.7. The molecular formula is C22H22FN3O2. The van der Waals surface area contributed by atoms with E-state index in [4.69, 9.17) is 4.74 Å². The SMILES string of the molecule is CCC(C(=O)Nc1c(C)nc(Oc2ccccc2F)nc1C)c1ccccc1. The fourth-order valence-corrected chi connectivity index (χ4v) is 3.01. The van der Waals surface area contributed by atoms with Crippen LogP contribution in [-0.2, 0) is 4.79 Å². The molecular weight excluding hydrogens is 357 g/mol. The van der Waals surface area contributed by atoms with Crippen molar-refractivity contribution in [2.45, 2.75) is 33.1 Å². The van der Waals surface area contributed by atoms with Crippen LogP contribution in [0.1, 0.15) is 36.2 Å². The van der Waals surface area contributed by atoms with E-state index >= 15 is 0 Å². The topological polar surface area (TPSA) is 64.1 Å². The standard InChI is InChI=1S/C22H22FN3O2/c1-4-17(16-10-6-5-7-11-16)21(27)26-20-14(2)24-22(25-15(20)3)28-19-13-9-8-12-18(19)23/h5-13,17H,4H2,1-3H3,(H,26,27). The lowest BCUT2D eigenvalue weighted by molar-refractivity contribution is -0.117. The van der Waals surface area contributed by atoms with Crippen LogP contribution in [0.5, 0.6) is 11.8 Å². The molecule has 1 atom stereocenters. The second-order valence-corrected chi connectivity index (χ2v) is 6.45. The van der Waals surface area contributed by atoms with Gasteiger partial charge in [-0.15, -0.1) is 0 Å². The van der Waals surface area contributed by atoms with Crippen molar-refractivity contribution in [1.82, 2.24) is 9.97 Å². The number of carbonyl (C=O) groups excluding carboxylic acids is 1. The molecule has 6 heteroatoms. The zero-order chi connectivity index (χ0) is 20.1. The Bertz CT molecular complexity index is 954. The van der Waals surface area contributed by atoms with Gasteiger partial charge in [0.15, 0.2) is 11.6 Å². The highest BCUT2D eigenvalue weighted by Gasteiger charge is 2.21. The number of rotatable bonds is 6. The molecule has 0 bridgehead atoms. The van der Waals surface area contributed by atoms with Gasteiger partial charge in [-0.25, -0.2) is 4.39 Å². The average Bonchev–Trinajstić information content (AvgIpc) is 2.68. The van der Waals surface area contributed by atoms with E-state index in [1.807, 2.05) is 37.3 Å². The van der Waals surface area contributed by atoms with Crippen LogP contribution >= 0.6 is 0 Å². The zero-order valence-corrected chi connectivity index (χ0v) is 16.1. The quantitative estimate of drug-likeness (QED) is 0.643. The van der Waals surface area contributed by atoms with Gasteiger partial charge in [-0.2, -0.15) is 9.97 Å². The highest BCUT2D eigenvalue weighted by atomic mass is 19.1. The van der Waals surface area contributed by atoms with Crippen molar-refractivity contribution < 1.29 is 13.9 Å². The first-order valence-corrected chi connectivity index (χ1v) is 9.13. The number of halogens is 1. The van der Waals surface area contributed by atoms with E-state index in [0.717, 1.165) is 5.56 Å². The molecule has 0 aliphatic rings. The Morgan fingerprint density at radius 3 is 2.25 bits per heavy atom. The molecule has 5 nitrogen and oxygen atoms in total. The average molecular weight is 379 g/mol. The number of nitrogens with one attached hydrogen (secondary N) is 1. The molecule has 0 saturated heterocycles. The Morgan fingerprint density at radius 2 is 1.64 bits per heavy atom. The zero-order valence-electron chi connectivity index (χ0n) is 16.1. The number of nitrogens with zero attached hydrogens (tertiary/aromatic N) is 2. The first-order valence-electron chi connectivity index (χ1n) is 9.13. The van der Waals surface area contributed by atoms with Gasteiger partial charge >= 0.3 is 6.01 Å². The lowest BCUT2D eigenvalue weighted by Gasteiger charge is -2.17. The van der Waals surface area contributed by atoms with Crippen LogP contribution in [0.4, 0.5) is 10.1 Å². The molecule has 0 saturated carbocycles. The molecule has 0 spiro atoms. The summed E-state index contributed by atoms with van der Waals surface area (Å²) in [7, 11) is 0. The van der Waals surface area contributed by atoms with Gasteiger partial charge in [0.25, 0.3) is 0 Å². The van der Waals surface area contributed by atoms with E-state index in [2.05, 4.69) is 15.3 Å². The van der Waals surface area contributed by atoms with E-state index < -0.39 is 5.82 Å². The third-order valence-corrected chi connectivity index (χ3v) is 4.46. The molecule has 1 unspecified atom stereocenters. The van der Waals surface area contributed by atoms with Crippen molar-refractivity contribution in [1.29, 1.82) is 0 Å². The van der Waals surface area contributed by atoms with E-state index in [9.17, 15) is 9.18 Å².